The van der Waals surface area contributed by atoms with E-state index in [0.717, 1.165) is 39.0 Å². The quantitative estimate of drug-likeness (QED) is 0.159. The molecule has 0 unspecified atom stereocenters. The lowest BCUT2D eigenvalue weighted by atomic mass is 9.66. The third-order valence-corrected chi connectivity index (χ3v) is 14.7. The molecule has 1 aliphatic carbocycles. The first kappa shape index (κ1) is 42.4. The monoisotopic (exact) mass is 889 g/mol. The molecular formula is C67H55NO. The first-order chi connectivity index (χ1) is 33.4. The fourth-order valence-electron chi connectivity index (χ4n) is 11.1. The Kier molecular flexibility index (Phi) is 9.90. The summed E-state index contributed by atoms with van der Waals surface area (Å²) in [6.45, 7) is 13.9. The molecular weight excluding hydrogens is 835 g/mol. The van der Waals surface area contributed by atoms with Crippen LogP contribution in [0.3, 0.4) is 0 Å². The number of hydrogen-bond donors (Lipinski definition) is 0. The number of anilines is 3. The molecule has 0 atom stereocenters. The van der Waals surface area contributed by atoms with Crippen molar-refractivity contribution in [2.75, 3.05) is 4.90 Å². The molecule has 0 radical (unpaired) electrons. The Morgan fingerprint density at radius 3 is 1.64 bits per heavy atom. The summed E-state index contributed by atoms with van der Waals surface area (Å²) in [6, 6.07) is 83.5. The molecule has 0 amide bonds. The van der Waals surface area contributed by atoms with Crippen LogP contribution >= 0.6 is 0 Å². The highest BCUT2D eigenvalue weighted by molar-refractivity contribution is 6.07. The standard InChI is InChI=1S/C67H55NO/c1-65(2,3)48-21-15-23-50(40-48)67(51-24-16-22-49(41-51)66(4,5)6)61-37-31-47(56-27-14-20-46-19-10-11-25-55(46)56)39-59(61)57-36-34-54(43-62(57)67)68(52-32-29-45(30-33-52)44-17-8-7-9-18-44)53-35-38-64-60(42-53)58-26-12-13-28-63(58)69-64/h7-43H,1-6H3. The van der Waals surface area contributed by atoms with Crippen LogP contribution in [0.5, 0.6) is 0 Å². The molecule has 0 fully saturated rings. The van der Waals surface area contributed by atoms with Crippen molar-refractivity contribution < 1.29 is 4.42 Å². The van der Waals surface area contributed by atoms with Gasteiger partial charge in [-0.15, -0.1) is 0 Å². The van der Waals surface area contributed by atoms with Crippen LogP contribution in [0.4, 0.5) is 17.1 Å². The molecule has 334 valence electrons. The zero-order chi connectivity index (χ0) is 47.1. The van der Waals surface area contributed by atoms with E-state index < -0.39 is 5.41 Å². The molecule has 11 aromatic rings. The molecule has 0 saturated heterocycles. The minimum atomic E-state index is -0.659. The molecule has 0 saturated carbocycles. The number of hydrogen-bond acceptors (Lipinski definition) is 2. The molecule has 2 nitrogen and oxygen atoms in total. The average Bonchev–Trinajstić information content (AvgIpc) is 3.89. The predicted molar refractivity (Wildman–Crippen MR) is 291 cm³/mol. The zero-order valence-electron chi connectivity index (χ0n) is 40.2. The molecule has 1 aliphatic rings. The minimum Gasteiger partial charge on any atom is -0.456 e. The van der Waals surface area contributed by atoms with E-state index in [4.69, 9.17) is 4.42 Å². The molecule has 10 aromatic carbocycles. The summed E-state index contributed by atoms with van der Waals surface area (Å²) in [5.74, 6) is 0. The van der Waals surface area contributed by atoms with Gasteiger partial charge in [-0.3, -0.25) is 0 Å². The van der Waals surface area contributed by atoms with E-state index in [0.29, 0.717) is 0 Å². The van der Waals surface area contributed by atoms with Crippen LogP contribution in [-0.2, 0) is 16.2 Å². The fraction of sp³-hybridized carbons (Fsp3) is 0.134. The maximum absolute atomic E-state index is 6.40. The number of rotatable bonds is 7. The molecule has 0 aliphatic heterocycles. The normalized spacial score (nSPS) is 13.2. The van der Waals surface area contributed by atoms with Crippen LogP contribution in [0, 0.1) is 0 Å². The predicted octanol–water partition coefficient (Wildman–Crippen LogP) is 18.5. The molecule has 0 spiro atoms. The van der Waals surface area contributed by atoms with Gasteiger partial charge in [-0.1, -0.05) is 211 Å². The van der Waals surface area contributed by atoms with Crippen LogP contribution in [-0.4, -0.2) is 0 Å². The Labute approximate surface area is 406 Å². The second-order valence-electron chi connectivity index (χ2n) is 21.0. The van der Waals surface area contributed by atoms with Gasteiger partial charge in [-0.05, 0) is 143 Å². The Hall–Kier alpha value is -7.94. The van der Waals surface area contributed by atoms with Crippen LogP contribution < -0.4 is 4.90 Å². The zero-order valence-corrected chi connectivity index (χ0v) is 40.2. The summed E-state index contributed by atoms with van der Waals surface area (Å²) in [4.78, 5) is 2.43. The molecule has 1 aromatic heterocycles. The third-order valence-electron chi connectivity index (χ3n) is 14.7. The van der Waals surface area contributed by atoms with E-state index in [1.54, 1.807) is 0 Å². The van der Waals surface area contributed by atoms with Gasteiger partial charge in [-0.25, -0.2) is 0 Å². The maximum Gasteiger partial charge on any atom is 0.135 e. The lowest BCUT2D eigenvalue weighted by Gasteiger charge is -2.37. The summed E-state index contributed by atoms with van der Waals surface area (Å²) in [5, 5.41) is 4.70. The molecule has 0 N–H and O–H groups in total. The van der Waals surface area contributed by atoms with Crippen molar-refractivity contribution in [2.45, 2.75) is 57.8 Å². The summed E-state index contributed by atoms with van der Waals surface area (Å²) in [5.41, 5.74) is 19.2. The summed E-state index contributed by atoms with van der Waals surface area (Å²) < 4.78 is 6.40. The van der Waals surface area contributed by atoms with Crippen LogP contribution in [0.2, 0.25) is 0 Å². The lowest BCUT2D eigenvalue weighted by Crippen LogP contribution is -2.30. The van der Waals surface area contributed by atoms with Gasteiger partial charge in [0.05, 0.1) is 5.41 Å². The maximum atomic E-state index is 6.40. The molecule has 0 bridgehead atoms. The topological polar surface area (TPSA) is 16.4 Å². The van der Waals surface area contributed by atoms with Crippen LogP contribution in [0.15, 0.2) is 229 Å². The fourth-order valence-corrected chi connectivity index (χ4v) is 11.1. The van der Waals surface area contributed by atoms with E-state index in [1.807, 2.05) is 6.07 Å². The van der Waals surface area contributed by atoms with Gasteiger partial charge >= 0.3 is 0 Å². The minimum absolute atomic E-state index is 0.0621. The average molecular weight is 890 g/mol. The van der Waals surface area contributed by atoms with E-state index >= 15 is 0 Å². The lowest BCUT2D eigenvalue weighted by molar-refractivity contribution is 0.585. The second-order valence-corrected chi connectivity index (χ2v) is 21.0. The highest BCUT2D eigenvalue weighted by atomic mass is 16.3. The largest absolute Gasteiger partial charge is 0.456 e. The van der Waals surface area contributed by atoms with Crippen molar-refractivity contribution >= 4 is 49.8 Å². The highest BCUT2D eigenvalue weighted by Crippen LogP contribution is 2.59. The number of furan rings is 1. The van der Waals surface area contributed by atoms with Crippen LogP contribution in [0.1, 0.15) is 74.9 Å². The Balaban J connectivity index is 1.16. The van der Waals surface area contributed by atoms with Crippen molar-refractivity contribution in [3.63, 3.8) is 0 Å². The Bertz CT molecular complexity index is 3680. The van der Waals surface area contributed by atoms with Gasteiger partial charge in [0.25, 0.3) is 0 Å². The number of nitrogens with zero attached hydrogens (tertiary/aromatic N) is 1. The van der Waals surface area contributed by atoms with Crippen LogP contribution in [0.25, 0.3) is 66.1 Å². The highest BCUT2D eigenvalue weighted by Gasteiger charge is 2.47. The Morgan fingerprint density at radius 2 is 0.913 bits per heavy atom. The van der Waals surface area contributed by atoms with Crippen molar-refractivity contribution in [2.24, 2.45) is 0 Å². The smallest absolute Gasteiger partial charge is 0.135 e. The summed E-state index contributed by atoms with van der Waals surface area (Å²) in [7, 11) is 0. The Morgan fingerprint density at radius 1 is 0.348 bits per heavy atom. The van der Waals surface area contributed by atoms with Gasteiger partial charge < -0.3 is 9.32 Å². The molecule has 69 heavy (non-hydrogen) atoms. The molecule has 2 heteroatoms. The van der Waals surface area contributed by atoms with Gasteiger partial charge in [-0.2, -0.15) is 0 Å². The first-order valence-electron chi connectivity index (χ1n) is 24.3. The first-order valence-corrected chi connectivity index (χ1v) is 24.3. The van der Waals surface area contributed by atoms with E-state index in [-0.39, 0.29) is 10.8 Å². The van der Waals surface area contributed by atoms with Gasteiger partial charge in [0.2, 0.25) is 0 Å². The van der Waals surface area contributed by atoms with Crippen molar-refractivity contribution in [3.8, 4) is 33.4 Å². The van der Waals surface area contributed by atoms with Gasteiger partial charge in [0.15, 0.2) is 0 Å². The summed E-state index contributed by atoms with van der Waals surface area (Å²) >= 11 is 0. The van der Waals surface area contributed by atoms with Crippen molar-refractivity contribution in [1.82, 2.24) is 0 Å². The number of fused-ring (bicyclic) bond motifs is 7. The van der Waals surface area contributed by atoms with E-state index in [9.17, 15) is 0 Å². The SMILES string of the molecule is CC(C)(C)c1cccc(C2(c3cccc(C(C)(C)C)c3)c3ccc(-c4cccc5ccccc45)cc3-c3ccc(N(c4ccc(-c5ccccc5)cc4)c4ccc5oc6ccccc6c5c4)cc32)c1. The van der Waals surface area contributed by atoms with Crippen molar-refractivity contribution in [3.05, 3.63) is 258 Å². The van der Waals surface area contributed by atoms with Gasteiger partial charge in [0.1, 0.15) is 11.2 Å². The molecule has 12 rings (SSSR count). The number of benzene rings is 10. The third kappa shape index (κ3) is 7.08. The summed E-state index contributed by atoms with van der Waals surface area (Å²) in [6.07, 6.45) is 0. The van der Waals surface area contributed by atoms with Gasteiger partial charge in [0, 0.05) is 27.8 Å². The van der Waals surface area contributed by atoms with Crippen molar-refractivity contribution in [1.29, 1.82) is 0 Å². The van der Waals surface area contributed by atoms with E-state index in [2.05, 4.69) is 265 Å². The van der Waals surface area contributed by atoms with E-state index in [1.165, 1.54) is 77.5 Å². The molecule has 1 heterocycles. The second kappa shape index (κ2) is 16.1. The number of para-hydroxylation sites is 1.